The molecule has 1 fully saturated rings. The highest BCUT2D eigenvalue weighted by atomic mass is 32.2. The maximum absolute atomic E-state index is 4.69. The molecule has 3 rings (SSSR count). The van der Waals surface area contributed by atoms with Crippen molar-refractivity contribution in [2.45, 2.75) is 37.4 Å². The molecule has 1 N–H and O–H groups in total. The zero-order valence-electron chi connectivity index (χ0n) is 9.54. The first-order valence-corrected chi connectivity index (χ1v) is 7.31. The zero-order chi connectivity index (χ0) is 10.8. The standard InChI is InChI=1S/C13H18N2S/c1-3-10-6-7-13(15-12(10)5-1)14-9-11-4-2-8-16-11/h6-7,11H,1-5,8-9H2,(H,14,15). The summed E-state index contributed by atoms with van der Waals surface area (Å²) in [6, 6.07) is 4.39. The molecule has 1 aromatic heterocycles. The summed E-state index contributed by atoms with van der Waals surface area (Å²) in [5, 5.41) is 4.29. The fraction of sp³-hybridized carbons (Fsp3) is 0.615. The lowest BCUT2D eigenvalue weighted by atomic mass is 10.2. The molecule has 0 saturated carbocycles. The molecule has 1 aromatic rings. The topological polar surface area (TPSA) is 24.9 Å². The zero-order valence-corrected chi connectivity index (χ0v) is 10.4. The van der Waals surface area contributed by atoms with Crippen molar-refractivity contribution in [2.24, 2.45) is 0 Å². The van der Waals surface area contributed by atoms with Gasteiger partial charge < -0.3 is 5.32 Å². The van der Waals surface area contributed by atoms with Crippen LogP contribution in [0.25, 0.3) is 0 Å². The Morgan fingerprint density at radius 1 is 1.31 bits per heavy atom. The summed E-state index contributed by atoms with van der Waals surface area (Å²) in [6.45, 7) is 1.08. The number of aromatic nitrogens is 1. The van der Waals surface area contributed by atoms with Crippen LogP contribution < -0.4 is 5.32 Å². The van der Waals surface area contributed by atoms with Crippen LogP contribution in [-0.2, 0) is 12.8 Å². The summed E-state index contributed by atoms with van der Waals surface area (Å²) in [7, 11) is 0. The number of hydrogen-bond donors (Lipinski definition) is 1. The fourth-order valence-electron chi connectivity index (χ4n) is 2.54. The van der Waals surface area contributed by atoms with Crippen LogP contribution in [0.2, 0.25) is 0 Å². The lowest BCUT2D eigenvalue weighted by Gasteiger charge is -2.11. The second-order valence-corrected chi connectivity index (χ2v) is 6.08. The van der Waals surface area contributed by atoms with Crippen molar-refractivity contribution in [3.63, 3.8) is 0 Å². The molecule has 0 bridgehead atoms. The molecular formula is C13H18N2S. The summed E-state index contributed by atoms with van der Waals surface area (Å²) in [5.41, 5.74) is 2.78. The maximum atomic E-state index is 4.69. The van der Waals surface area contributed by atoms with Crippen molar-refractivity contribution >= 4 is 17.6 Å². The van der Waals surface area contributed by atoms with E-state index < -0.39 is 0 Å². The van der Waals surface area contributed by atoms with Crippen molar-refractivity contribution < 1.29 is 0 Å². The lowest BCUT2D eigenvalue weighted by Crippen LogP contribution is -2.14. The molecule has 0 amide bonds. The molecule has 2 nitrogen and oxygen atoms in total. The van der Waals surface area contributed by atoms with Crippen molar-refractivity contribution in [1.29, 1.82) is 0 Å². The van der Waals surface area contributed by atoms with Gasteiger partial charge in [-0.2, -0.15) is 11.8 Å². The van der Waals surface area contributed by atoms with E-state index in [1.165, 1.54) is 49.1 Å². The maximum Gasteiger partial charge on any atom is 0.126 e. The summed E-state index contributed by atoms with van der Waals surface area (Å²) in [4.78, 5) is 4.69. The summed E-state index contributed by atoms with van der Waals surface area (Å²) < 4.78 is 0. The minimum atomic E-state index is 0.801. The highest BCUT2D eigenvalue weighted by molar-refractivity contribution is 8.00. The molecule has 1 aliphatic carbocycles. The first kappa shape index (κ1) is 10.5. The van der Waals surface area contributed by atoms with Gasteiger partial charge in [-0.25, -0.2) is 4.98 Å². The van der Waals surface area contributed by atoms with Crippen molar-refractivity contribution in [2.75, 3.05) is 17.6 Å². The molecule has 16 heavy (non-hydrogen) atoms. The fourth-order valence-corrected chi connectivity index (χ4v) is 3.74. The molecule has 86 valence electrons. The van der Waals surface area contributed by atoms with Crippen LogP contribution >= 0.6 is 11.8 Å². The summed E-state index contributed by atoms with van der Waals surface area (Å²) >= 11 is 2.10. The third kappa shape index (κ3) is 2.19. The number of pyridine rings is 1. The second-order valence-electron chi connectivity index (χ2n) is 4.67. The van der Waals surface area contributed by atoms with Crippen LogP contribution in [0.3, 0.4) is 0 Å². The molecule has 1 aliphatic heterocycles. The molecule has 0 aromatic carbocycles. The number of fused-ring (bicyclic) bond motifs is 1. The summed E-state index contributed by atoms with van der Waals surface area (Å²) in [6.07, 6.45) is 6.42. The van der Waals surface area contributed by atoms with Crippen LogP contribution in [0.4, 0.5) is 5.82 Å². The molecular weight excluding hydrogens is 216 g/mol. The third-order valence-corrected chi connectivity index (χ3v) is 4.86. The Morgan fingerprint density at radius 2 is 2.31 bits per heavy atom. The van der Waals surface area contributed by atoms with Gasteiger partial charge in [-0.05, 0) is 49.5 Å². The van der Waals surface area contributed by atoms with E-state index in [0.29, 0.717) is 0 Å². The van der Waals surface area contributed by atoms with Crippen LogP contribution in [0, 0.1) is 0 Å². The Kier molecular flexibility index (Phi) is 3.04. The minimum Gasteiger partial charge on any atom is -0.369 e. The van der Waals surface area contributed by atoms with Crippen LogP contribution in [-0.4, -0.2) is 22.5 Å². The van der Waals surface area contributed by atoms with Gasteiger partial charge in [0.15, 0.2) is 0 Å². The van der Waals surface area contributed by atoms with Gasteiger partial charge in [0.05, 0.1) is 0 Å². The Balaban J connectivity index is 1.61. The van der Waals surface area contributed by atoms with E-state index in [-0.39, 0.29) is 0 Å². The Morgan fingerprint density at radius 3 is 3.19 bits per heavy atom. The van der Waals surface area contributed by atoms with Gasteiger partial charge in [0.2, 0.25) is 0 Å². The van der Waals surface area contributed by atoms with E-state index in [1.54, 1.807) is 0 Å². The molecule has 0 spiro atoms. The highest BCUT2D eigenvalue weighted by Crippen LogP contribution is 2.26. The van der Waals surface area contributed by atoms with E-state index in [1.807, 2.05) is 0 Å². The van der Waals surface area contributed by atoms with Crippen LogP contribution in [0.15, 0.2) is 12.1 Å². The average molecular weight is 234 g/mol. The largest absolute Gasteiger partial charge is 0.369 e. The van der Waals surface area contributed by atoms with Crippen LogP contribution in [0.5, 0.6) is 0 Å². The molecule has 3 heteroatoms. The molecule has 2 aliphatic rings. The van der Waals surface area contributed by atoms with Gasteiger partial charge in [0.25, 0.3) is 0 Å². The van der Waals surface area contributed by atoms with Crippen molar-refractivity contribution in [3.05, 3.63) is 23.4 Å². The molecule has 0 radical (unpaired) electrons. The number of anilines is 1. The van der Waals surface area contributed by atoms with E-state index in [4.69, 9.17) is 4.98 Å². The summed E-state index contributed by atoms with van der Waals surface area (Å²) in [5.74, 6) is 2.41. The molecule has 2 heterocycles. The number of thioether (sulfide) groups is 1. The number of rotatable bonds is 3. The Labute approximate surface area is 101 Å². The third-order valence-electron chi connectivity index (χ3n) is 3.46. The van der Waals surface area contributed by atoms with E-state index >= 15 is 0 Å². The van der Waals surface area contributed by atoms with E-state index in [2.05, 4.69) is 29.2 Å². The van der Waals surface area contributed by atoms with Gasteiger partial charge in [0.1, 0.15) is 5.82 Å². The van der Waals surface area contributed by atoms with E-state index in [0.717, 1.165) is 17.6 Å². The molecule has 1 unspecified atom stereocenters. The average Bonchev–Trinajstić information content (AvgIpc) is 2.97. The van der Waals surface area contributed by atoms with Gasteiger partial charge in [0, 0.05) is 17.5 Å². The van der Waals surface area contributed by atoms with Crippen molar-refractivity contribution in [3.8, 4) is 0 Å². The van der Waals surface area contributed by atoms with E-state index in [9.17, 15) is 0 Å². The van der Waals surface area contributed by atoms with Gasteiger partial charge >= 0.3 is 0 Å². The van der Waals surface area contributed by atoms with Gasteiger partial charge in [-0.15, -0.1) is 0 Å². The molecule has 1 saturated heterocycles. The van der Waals surface area contributed by atoms with Gasteiger partial charge in [-0.3, -0.25) is 0 Å². The smallest absolute Gasteiger partial charge is 0.126 e. The highest BCUT2D eigenvalue weighted by Gasteiger charge is 2.16. The monoisotopic (exact) mass is 234 g/mol. The predicted octanol–water partition coefficient (Wildman–Crippen LogP) is 2.88. The Bertz CT molecular complexity index is 372. The minimum absolute atomic E-state index is 0.801. The van der Waals surface area contributed by atoms with Crippen molar-refractivity contribution in [1.82, 2.24) is 4.98 Å². The first-order chi connectivity index (χ1) is 7.92. The van der Waals surface area contributed by atoms with Crippen LogP contribution in [0.1, 0.15) is 30.5 Å². The number of nitrogens with zero attached hydrogens (tertiary/aromatic N) is 1. The predicted molar refractivity (Wildman–Crippen MR) is 70.2 cm³/mol. The Hall–Kier alpha value is -0.700. The normalized spacial score (nSPS) is 23.4. The number of nitrogens with one attached hydrogen (secondary N) is 1. The number of aryl methyl sites for hydroxylation is 2. The first-order valence-electron chi connectivity index (χ1n) is 6.26. The number of hydrogen-bond acceptors (Lipinski definition) is 3. The SMILES string of the molecule is c1cc2c(nc1NCC1CCCS1)CCC2. The van der Waals surface area contributed by atoms with Gasteiger partial charge in [-0.1, -0.05) is 6.07 Å². The second kappa shape index (κ2) is 4.66. The lowest BCUT2D eigenvalue weighted by molar-refractivity contribution is 0.802. The quantitative estimate of drug-likeness (QED) is 0.870. The molecule has 1 atom stereocenters.